The zero-order chi connectivity index (χ0) is 18.6. The molecule has 4 rings (SSSR count). The van der Waals surface area contributed by atoms with Crippen molar-refractivity contribution < 1.29 is 13.9 Å². The van der Waals surface area contributed by atoms with Crippen molar-refractivity contribution in [2.45, 2.75) is 6.54 Å². The second kappa shape index (κ2) is 8.29. The van der Waals surface area contributed by atoms with E-state index in [0.717, 1.165) is 31.7 Å². The minimum absolute atomic E-state index is 0.123. The number of nitrogens with zero attached hydrogens (tertiary/aromatic N) is 4. The molecular weight excluding hydrogens is 368 g/mol. The molecule has 0 unspecified atom stereocenters. The van der Waals surface area contributed by atoms with Gasteiger partial charge in [0.05, 0.1) is 26.0 Å². The Bertz CT molecular complexity index is 783. The van der Waals surface area contributed by atoms with Crippen LogP contribution in [0.3, 0.4) is 0 Å². The molecule has 2 fully saturated rings. The van der Waals surface area contributed by atoms with Gasteiger partial charge in [0.15, 0.2) is 5.76 Å². The van der Waals surface area contributed by atoms with Gasteiger partial charge in [0.2, 0.25) is 5.89 Å². The molecule has 7 nitrogen and oxygen atoms in total. The lowest BCUT2D eigenvalue weighted by molar-refractivity contribution is 0.0368. The Balaban J connectivity index is 1.30. The van der Waals surface area contributed by atoms with Crippen LogP contribution >= 0.6 is 11.6 Å². The first-order valence-electron chi connectivity index (χ1n) is 9.23. The summed E-state index contributed by atoms with van der Waals surface area (Å²) in [4.78, 5) is 23.0. The van der Waals surface area contributed by atoms with E-state index in [1.807, 2.05) is 34.1 Å². The Morgan fingerprint density at radius 2 is 1.81 bits per heavy atom. The largest absolute Gasteiger partial charge is 0.439 e. The van der Waals surface area contributed by atoms with Crippen LogP contribution in [0, 0.1) is 0 Å². The van der Waals surface area contributed by atoms with Gasteiger partial charge in [-0.05, 0) is 12.1 Å². The van der Waals surface area contributed by atoms with Gasteiger partial charge in [-0.2, -0.15) is 0 Å². The highest BCUT2D eigenvalue weighted by molar-refractivity contribution is 6.30. The number of morpholine rings is 1. The third kappa shape index (κ3) is 4.43. The summed E-state index contributed by atoms with van der Waals surface area (Å²) in [6.45, 7) is 6.32. The first-order valence-corrected chi connectivity index (χ1v) is 9.61. The van der Waals surface area contributed by atoms with Crippen LogP contribution in [-0.2, 0) is 11.3 Å². The fourth-order valence-electron chi connectivity index (χ4n) is 3.40. The maximum atomic E-state index is 12.5. The number of piperazine rings is 1. The zero-order valence-corrected chi connectivity index (χ0v) is 15.9. The molecule has 1 aromatic heterocycles. The van der Waals surface area contributed by atoms with Crippen LogP contribution in [0.4, 0.5) is 4.79 Å². The van der Waals surface area contributed by atoms with Gasteiger partial charge in [0, 0.05) is 49.9 Å². The van der Waals surface area contributed by atoms with E-state index >= 15 is 0 Å². The average Bonchev–Trinajstić information content (AvgIpc) is 3.17. The second-order valence-corrected chi connectivity index (χ2v) is 7.21. The molecule has 0 N–H and O–H groups in total. The lowest BCUT2D eigenvalue weighted by atomic mass is 10.2. The summed E-state index contributed by atoms with van der Waals surface area (Å²) in [5, 5.41) is 0.673. The number of hydrogen-bond acceptors (Lipinski definition) is 5. The number of oxazole rings is 1. The van der Waals surface area contributed by atoms with E-state index in [2.05, 4.69) is 9.88 Å². The molecule has 0 radical (unpaired) electrons. The smallest absolute Gasteiger partial charge is 0.320 e. The predicted molar refractivity (Wildman–Crippen MR) is 102 cm³/mol. The maximum absolute atomic E-state index is 12.5. The summed E-state index contributed by atoms with van der Waals surface area (Å²) >= 11 is 6.04. The zero-order valence-electron chi connectivity index (χ0n) is 15.1. The van der Waals surface area contributed by atoms with Crippen molar-refractivity contribution >= 4 is 17.6 Å². The quantitative estimate of drug-likeness (QED) is 0.806. The van der Waals surface area contributed by atoms with Crippen molar-refractivity contribution in [3.05, 3.63) is 41.4 Å². The lowest BCUT2D eigenvalue weighted by Gasteiger charge is -2.38. The minimum Gasteiger partial charge on any atom is -0.439 e. The summed E-state index contributed by atoms with van der Waals surface area (Å²) in [7, 11) is 0. The van der Waals surface area contributed by atoms with Crippen molar-refractivity contribution in [2.24, 2.45) is 0 Å². The molecule has 0 bridgehead atoms. The number of rotatable bonds is 3. The van der Waals surface area contributed by atoms with Crippen LogP contribution in [-0.4, -0.2) is 78.2 Å². The van der Waals surface area contributed by atoms with Crippen molar-refractivity contribution in [3.8, 4) is 11.3 Å². The van der Waals surface area contributed by atoms with Gasteiger partial charge in [0.25, 0.3) is 0 Å². The number of benzene rings is 1. The molecule has 0 spiro atoms. The molecular formula is C19H23ClN4O3. The van der Waals surface area contributed by atoms with Gasteiger partial charge in [-0.3, -0.25) is 4.90 Å². The van der Waals surface area contributed by atoms with Gasteiger partial charge < -0.3 is 19.0 Å². The first kappa shape index (κ1) is 18.3. The molecule has 2 aromatic rings. The molecule has 2 aliphatic rings. The summed E-state index contributed by atoms with van der Waals surface area (Å²) in [5.41, 5.74) is 0.919. The van der Waals surface area contributed by atoms with Gasteiger partial charge in [-0.1, -0.05) is 23.7 Å². The highest BCUT2D eigenvalue weighted by Gasteiger charge is 2.26. The SMILES string of the molecule is O=C(N1CCOCC1)N1CCN(Cc2ncc(-c3cccc(Cl)c3)o2)CC1. The molecule has 2 saturated heterocycles. The molecule has 0 saturated carbocycles. The monoisotopic (exact) mass is 390 g/mol. The molecule has 3 heterocycles. The fraction of sp³-hybridized carbons (Fsp3) is 0.474. The third-order valence-electron chi connectivity index (χ3n) is 4.95. The standard InChI is InChI=1S/C19H23ClN4O3/c20-16-3-1-2-15(12-16)17-13-21-18(27-17)14-22-4-6-23(7-5-22)19(25)24-8-10-26-11-9-24/h1-3,12-13H,4-11,14H2. The van der Waals surface area contributed by atoms with Crippen molar-refractivity contribution in [1.29, 1.82) is 0 Å². The Kier molecular flexibility index (Phi) is 5.61. The Morgan fingerprint density at radius 3 is 2.56 bits per heavy atom. The fourth-order valence-corrected chi connectivity index (χ4v) is 3.59. The van der Waals surface area contributed by atoms with Gasteiger partial charge in [-0.25, -0.2) is 9.78 Å². The highest BCUT2D eigenvalue weighted by Crippen LogP contribution is 2.24. The minimum atomic E-state index is 0.123. The summed E-state index contributed by atoms with van der Waals surface area (Å²) in [5.74, 6) is 1.39. The average molecular weight is 391 g/mol. The Labute approximate surface area is 163 Å². The predicted octanol–water partition coefficient (Wildman–Crippen LogP) is 2.56. The van der Waals surface area contributed by atoms with E-state index in [0.29, 0.717) is 49.5 Å². The molecule has 8 heteroatoms. The number of aromatic nitrogens is 1. The maximum Gasteiger partial charge on any atom is 0.320 e. The molecule has 144 valence electrons. The molecule has 27 heavy (non-hydrogen) atoms. The normalized spacial score (nSPS) is 18.7. The lowest BCUT2D eigenvalue weighted by Crippen LogP contribution is -2.54. The highest BCUT2D eigenvalue weighted by atomic mass is 35.5. The van der Waals surface area contributed by atoms with E-state index < -0.39 is 0 Å². The first-order chi connectivity index (χ1) is 13.2. The van der Waals surface area contributed by atoms with Crippen molar-refractivity contribution in [2.75, 3.05) is 52.5 Å². The molecule has 2 aliphatic heterocycles. The van der Waals surface area contributed by atoms with E-state index in [1.54, 1.807) is 6.20 Å². The number of amides is 2. The number of hydrogen-bond donors (Lipinski definition) is 0. The van der Waals surface area contributed by atoms with E-state index in [1.165, 1.54) is 0 Å². The summed E-state index contributed by atoms with van der Waals surface area (Å²) in [6.07, 6.45) is 1.74. The summed E-state index contributed by atoms with van der Waals surface area (Å²) in [6, 6.07) is 7.66. The van der Waals surface area contributed by atoms with Crippen LogP contribution in [0.1, 0.15) is 5.89 Å². The number of ether oxygens (including phenoxy) is 1. The topological polar surface area (TPSA) is 62.1 Å². The summed E-state index contributed by atoms with van der Waals surface area (Å²) < 4.78 is 11.2. The van der Waals surface area contributed by atoms with E-state index in [4.69, 9.17) is 20.8 Å². The number of carbonyl (C=O) groups excluding carboxylic acids is 1. The number of urea groups is 1. The molecule has 2 amide bonds. The molecule has 0 aliphatic carbocycles. The van der Waals surface area contributed by atoms with Crippen LogP contribution in [0.25, 0.3) is 11.3 Å². The Hall–Kier alpha value is -2.09. The van der Waals surface area contributed by atoms with Crippen LogP contribution in [0.15, 0.2) is 34.9 Å². The third-order valence-corrected chi connectivity index (χ3v) is 5.18. The number of halogens is 1. The van der Waals surface area contributed by atoms with Gasteiger partial charge in [0.1, 0.15) is 0 Å². The van der Waals surface area contributed by atoms with Crippen molar-refractivity contribution in [3.63, 3.8) is 0 Å². The second-order valence-electron chi connectivity index (χ2n) is 6.77. The van der Waals surface area contributed by atoms with Gasteiger partial charge >= 0.3 is 6.03 Å². The molecule has 0 atom stereocenters. The Morgan fingerprint density at radius 1 is 1.07 bits per heavy atom. The van der Waals surface area contributed by atoms with Crippen molar-refractivity contribution in [1.82, 2.24) is 19.7 Å². The van der Waals surface area contributed by atoms with E-state index in [9.17, 15) is 4.79 Å². The number of carbonyl (C=O) groups is 1. The van der Waals surface area contributed by atoms with Gasteiger partial charge in [-0.15, -0.1) is 0 Å². The van der Waals surface area contributed by atoms with Crippen LogP contribution < -0.4 is 0 Å². The van der Waals surface area contributed by atoms with Crippen LogP contribution in [0.2, 0.25) is 5.02 Å². The van der Waals surface area contributed by atoms with E-state index in [-0.39, 0.29) is 6.03 Å². The molecule has 1 aromatic carbocycles. The van der Waals surface area contributed by atoms with Crippen LogP contribution in [0.5, 0.6) is 0 Å².